The quantitative estimate of drug-likeness (QED) is 0.548. The van der Waals surface area contributed by atoms with Gasteiger partial charge < -0.3 is 5.11 Å². The Bertz CT molecular complexity index is 232. The molecule has 1 aliphatic carbocycles. The Morgan fingerprint density at radius 3 is 2.60 bits per heavy atom. The van der Waals surface area contributed by atoms with Crippen LogP contribution >= 0.6 is 0 Å². The van der Waals surface area contributed by atoms with Crippen molar-refractivity contribution in [3.63, 3.8) is 0 Å². The molecule has 0 aromatic carbocycles. The SMILES string of the molecule is C=C1C(C)=CC(=O)C=C1O. The predicted molar refractivity (Wildman–Crippen MR) is 38.6 cm³/mol. The molecule has 0 amide bonds. The summed E-state index contributed by atoms with van der Waals surface area (Å²) in [6.07, 6.45) is 2.61. The summed E-state index contributed by atoms with van der Waals surface area (Å²) < 4.78 is 0. The van der Waals surface area contributed by atoms with Gasteiger partial charge in [0, 0.05) is 11.6 Å². The van der Waals surface area contributed by atoms with Gasteiger partial charge in [-0.15, -0.1) is 0 Å². The van der Waals surface area contributed by atoms with E-state index in [0.717, 1.165) is 11.6 Å². The molecule has 52 valence electrons. The highest BCUT2D eigenvalue weighted by molar-refractivity contribution is 6.02. The van der Waals surface area contributed by atoms with Crippen LogP contribution in [0.4, 0.5) is 0 Å². The van der Waals surface area contributed by atoms with Crippen molar-refractivity contribution in [1.82, 2.24) is 0 Å². The summed E-state index contributed by atoms with van der Waals surface area (Å²) in [6, 6.07) is 0. The second-order valence-electron chi connectivity index (χ2n) is 2.24. The first-order valence-electron chi connectivity index (χ1n) is 2.94. The van der Waals surface area contributed by atoms with Crippen molar-refractivity contribution in [2.24, 2.45) is 0 Å². The number of hydrogen-bond acceptors (Lipinski definition) is 2. The topological polar surface area (TPSA) is 37.3 Å². The molecule has 1 N–H and O–H groups in total. The van der Waals surface area contributed by atoms with Crippen LogP contribution in [0.1, 0.15) is 6.92 Å². The van der Waals surface area contributed by atoms with Gasteiger partial charge >= 0.3 is 0 Å². The third-order valence-electron chi connectivity index (χ3n) is 1.42. The lowest BCUT2D eigenvalue weighted by Crippen LogP contribution is -2.01. The van der Waals surface area contributed by atoms with Crippen molar-refractivity contribution in [1.29, 1.82) is 0 Å². The van der Waals surface area contributed by atoms with Crippen LogP contribution in [0.3, 0.4) is 0 Å². The van der Waals surface area contributed by atoms with Crippen LogP contribution in [0.2, 0.25) is 0 Å². The maximum Gasteiger partial charge on any atom is 0.182 e. The molecule has 0 saturated carbocycles. The summed E-state index contributed by atoms with van der Waals surface area (Å²) in [6.45, 7) is 5.31. The van der Waals surface area contributed by atoms with Crippen molar-refractivity contribution in [3.8, 4) is 0 Å². The number of allylic oxidation sites excluding steroid dienone is 3. The largest absolute Gasteiger partial charge is 0.507 e. The summed E-state index contributed by atoms with van der Waals surface area (Å²) in [4.78, 5) is 10.7. The zero-order chi connectivity index (χ0) is 7.72. The van der Waals surface area contributed by atoms with Gasteiger partial charge in [0.1, 0.15) is 5.76 Å². The molecule has 1 rings (SSSR count). The first kappa shape index (κ1) is 6.81. The predicted octanol–water partition coefficient (Wildman–Crippen LogP) is 1.51. The van der Waals surface area contributed by atoms with Gasteiger partial charge in [-0.05, 0) is 18.6 Å². The molecule has 0 aromatic heterocycles. The molecule has 0 unspecified atom stereocenters. The number of ketones is 1. The number of aliphatic hydroxyl groups is 1. The lowest BCUT2D eigenvalue weighted by atomic mass is 10.0. The first-order valence-corrected chi connectivity index (χ1v) is 2.94. The molecule has 0 fully saturated rings. The van der Waals surface area contributed by atoms with E-state index in [1.165, 1.54) is 6.08 Å². The summed E-state index contributed by atoms with van der Waals surface area (Å²) in [7, 11) is 0. The van der Waals surface area contributed by atoms with E-state index >= 15 is 0 Å². The van der Waals surface area contributed by atoms with Crippen LogP contribution in [-0.4, -0.2) is 10.9 Å². The Balaban J connectivity index is 3.05. The van der Waals surface area contributed by atoms with Gasteiger partial charge in [0.05, 0.1) is 0 Å². The van der Waals surface area contributed by atoms with Crippen molar-refractivity contribution in [2.75, 3.05) is 0 Å². The Morgan fingerprint density at radius 1 is 1.50 bits per heavy atom. The maximum absolute atomic E-state index is 10.7. The zero-order valence-electron chi connectivity index (χ0n) is 5.72. The van der Waals surface area contributed by atoms with Gasteiger partial charge in [-0.1, -0.05) is 6.58 Å². The summed E-state index contributed by atoms with van der Waals surface area (Å²) >= 11 is 0. The smallest absolute Gasteiger partial charge is 0.182 e. The Morgan fingerprint density at radius 2 is 2.10 bits per heavy atom. The van der Waals surface area contributed by atoms with Gasteiger partial charge in [0.25, 0.3) is 0 Å². The second-order valence-corrected chi connectivity index (χ2v) is 2.24. The second kappa shape index (κ2) is 2.14. The number of carbonyl (C=O) groups is 1. The highest BCUT2D eigenvalue weighted by Crippen LogP contribution is 2.18. The third-order valence-corrected chi connectivity index (χ3v) is 1.42. The normalized spacial score (nSPS) is 18.5. The molecule has 0 heterocycles. The lowest BCUT2D eigenvalue weighted by Gasteiger charge is -2.07. The fourth-order valence-corrected chi connectivity index (χ4v) is 0.766. The van der Waals surface area contributed by atoms with E-state index in [0.29, 0.717) is 5.57 Å². The van der Waals surface area contributed by atoms with Crippen molar-refractivity contribution in [2.45, 2.75) is 6.92 Å². The lowest BCUT2D eigenvalue weighted by molar-refractivity contribution is -0.110. The van der Waals surface area contributed by atoms with Crippen LogP contribution in [-0.2, 0) is 4.79 Å². The van der Waals surface area contributed by atoms with Crippen LogP contribution in [0.25, 0.3) is 0 Å². The number of rotatable bonds is 0. The molecule has 2 nitrogen and oxygen atoms in total. The van der Waals surface area contributed by atoms with Crippen LogP contribution in [0.5, 0.6) is 0 Å². The van der Waals surface area contributed by atoms with Crippen LogP contribution in [0, 0.1) is 0 Å². The fourth-order valence-electron chi connectivity index (χ4n) is 0.766. The fraction of sp³-hybridized carbons (Fsp3) is 0.125. The molecule has 10 heavy (non-hydrogen) atoms. The Labute approximate surface area is 59.2 Å². The van der Waals surface area contributed by atoms with E-state index in [9.17, 15) is 4.79 Å². The average Bonchev–Trinajstić information content (AvgIpc) is 1.82. The average molecular weight is 136 g/mol. The van der Waals surface area contributed by atoms with E-state index < -0.39 is 0 Å². The molecular formula is C8H8O2. The van der Waals surface area contributed by atoms with Gasteiger partial charge in [-0.2, -0.15) is 0 Å². The molecule has 0 saturated heterocycles. The minimum atomic E-state index is -0.178. The Hall–Kier alpha value is -1.31. The van der Waals surface area contributed by atoms with Crippen LogP contribution < -0.4 is 0 Å². The molecule has 2 heteroatoms. The first-order chi connectivity index (χ1) is 4.61. The molecule has 0 bridgehead atoms. The molecule has 0 radical (unpaired) electrons. The number of aliphatic hydroxyl groups excluding tert-OH is 1. The molecule has 0 aromatic rings. The van der Waals surface area contributed by atoms with Gasteiger partial charge in [0.2, 0.25) is 0 Å². The maximum atomic E-state index is 10.7. The standard InChI is InChI=1S/C8H8O2/c1-5-3-7(9)4-8(10)6(5)2/h3-4,10H,2H2,1H3. The molecule has 0 spiro atoms. The molecule has 0 aliphatic heterocycles. The van der Waals surface area contributed by atoms with Gasteiger partial charge in [-0.25, -0.2) is 0 Å². The number of carbonyl (C=O) groups excluding carboxylic acids is 1. The van der Waals surface area contributed by atoms with Crippen molar-refractivity contribution in [3.05, 3.63) is 35.6 Å². The number of hydrogen-bond donors (Lipinski definition) is 1. The zero-order valence-corrected chi connectivity index (χ0v) is 5.72. The summed E-state index contributed by atoms with van der Waals surface area (Å²) in [5.41, 5.74) is 1.25. The minimum absolute atomic E-state index is 0.0231. The molecule has 0 atom stereocenters. The van der Waals surface area contributed by atoms with Crippen molar-refractivity contribution >= 4 is 5.78 Å². The summed E-state index contributed by atoms with van der Waals surface area (Å²) in [5.74, 6) is -0.201. The van der Waals surface area contributed by atoms with Gasteiger partial charge in [-0.3, -0.25) is 4.79 Å². The van der Waals surface area contributed by atoms with E-state index in [4.69, 9.17) is 5.11 Å². The minimum Gasteiger partial charge on any atom is -0.507 e. The summed E-state index contributed by atoms with van der Waals surface area (Å²) in [5, 5.41) is 9.02. The van der Waals surface area contributed by atoms with E-state index in [1.54, 1.807) is 6.92 Å². The van der Waals surface area contributed by atoms with E-state index in [1.807, 2.05) is 0 Å². The highest BCUT2D eigenvalue weighted by atomic mass is 16.3. The molecule has 1 aliphatic rings. The van der Waals surface area contributed by atoms with E-state index in [2.05, 4.69) is 6.58 Å². The highest BCUT2D eigenvalue weighted by Gasteiger charge is 2.10. The molecular weight excluding hydrogens is 128 g/mol. The Kier molecular flexibility index (Phi) is 1.45. The van der Waals surface area contributed by atoms with Gasteiger partial charge in [0.15, 0.2) is 5.78 Å². The monoisotopic (exact) mass is 136 g/mol. The van der Waals surface area contributed by atoms with E-state index in [-0.39, 0.29) is 11.5 Å². The van der Waals surface area contributed by atoms with Crippen LogP contribution in [0.15, 0.2) is 35.6 Å². The van der Waals surface area contributed by atoms with Crippen molar-refractivity contribution < 1.29 is 9.90 Å². The third kappa shape index (κ3) is 1.00.